The van der Waals surface area contributed by atoms with Crippen molar-refractivity contribution < 1.29 is 22.7 Å². The Morgan fingerprint density at radius 1 is 1.55 bits per heavy atom. The van der Waals surface area contributed by atoms with E-state index in [4.69, 9.17) is 0 Å². The number of hydrogen-bond donors (Lipinski definition) is 1. The lowest BCUT2D eigenvalue weighted by Gasteiger charge is -2.24. The summed E-state index contributed by atoms with van der Waals surface area (Å²) in [6.45, 7) is -0.994. The van der Waals surface area contributed by atoms with Crippen molar-refractivity contribution >= 4 is 5.91 Å². The fraction of sp³-hybridized carbons (Fsp3) is 0.800. The molecule has 0 radical (unpaired) electrons. The summed E-state index contributed by atoms with van der Waals surface area (Å²) in [4.78, 5) is 10.3. The molecule has 0 aliphatic carbocycles. The highest BCUT2D eigenvalue weighted by atomic mass is 19.4. The molecule has 1 heterocycles. The minimum atomic E-state index is -4.38. The van der Waals surface area contributed by atoms with Gasteiger partial charge in [0.15, 0.2) is 6.10 Å². The van der Waals surface area contributed by atoms with E-state index in [-0.39, 0.29) is 0 Å². The minimum Gasteiger partial charge on any atom is -0.357 e. The molecular formula is C5H6F3NO2. The van der Waals surface area contributed by atoms with Gasteiger partial charge in [-0.05, 0) is 0 Å². The number of ether oxygens (including phenoxy) is 1. The molecule has 1 aliphatic heterocycles. The molecule has 0 spiro atoms. The fourth-order valence-corrected chi connectivity index (χ4v) is 0.703. The van der Waals surface area contributed by atoms with E-state index in [1.165, 1.54) is 0 Å². The van der Waals surface area contributed by atoms with Crippen LogP contribution in [0, 0.1) is 0 Å². The molecule has 64 valence electrons. The summed E-state index contributed by atoms with van der Waals surface area (Å²) in [5.74, 6) is -0.509. The third-order valence-electron chi connectivity index (χ3n) is 1.27. The predicted octanol–water partition coefficient (Wildman–Crippen LogP) is 0.0637. The first-order chi connectivity index (χ1) is 5.00. The van der Waals surface area contributed by atoms with Crippen LogP contribution in [0.25, 0.3) is 0 Å². The van der Waals surface area contributed by atoms with E-state index in [2.05, 4.69) is 10.1 Å². The van der Waals surface area contributed by atoms with E-state index in [1.54, 1.807) is 0 Å². The topological polar surface area (TPSA) is 38.3 Å². The van der Waals surface area contributed by atoms with Crippen molar-refractivity contribution in [3.8, 4) is 0 Å². The van der Waals surface area contributed by atoms with E-state index >= 15 is 0 Å². The molecule has 0 aromatic rings. The van der Waals surface area contributed by atoms with E-state index in [1.807, 2.05) is 0 Å². The van der Waals surface area contributed by atoms with E-state index < -0.39 is 31.3 Å². The lowest BCUT2D eigenvalue weighted by atomic mass is 10.3. The van der Waals surface area contributed by atoms with Gasteiger partial charge < -0.3 is 10.1 Å². The SMILES string of the molecule is O=C1CO[C@@H](C(F)(F)F)CN1. The normalized spacial score (nSPS) is 26.5. The van der Waals surface area contributed by atoms with Crippen LogP contribution in [0.5, 0.6) is 0 Å². The van der Waals surface area contributed by atoms with Gasteiger partial charge in [0.05, 0.1) is 6.54 Å². The summed E-state index contributed by atoms with van der Waals surface area (Å²) in [5, 5.41) is 2.05. The molecule has 1 saturated heterocycles. The molecule has 0 unspecified atom stereocenters. The Morgan fingerprint density at radius 2 is 2.18 bits per heavy atom. The number of carbonyl (C=O) groups excluding carboxylic acids is 1. The monoisotopic (exact) mass is 169 g/mol. The average Bonchev–Trinajstić information content (AvgIpc) is 1.86. The second-order valence-electron chi connectivity index (χ2n) is 2.15. The highest BCUT2D eigenvalue weighted by Gasteiger charge is 2.42. The van der Waals surface area contributed by atoms with Crippen molar-refractivity contribution in [1.82, 2.24) is 5.32 Å². The van der Waals surface area contributed by atoms with Crippen LogP contribution in [-0.4, -0.2) is 31.3 Å². The van der Waals surface area contributed by atoms with Crippen LogP contribution in [0.4, 0.5) is 13.2 Å². The van der Waals surface area contributed by atoms with Crippen LogP contribution in [0.2, 0.25) is 0 Å². The quantitative estimate of drug-likeness (QED) is 0.557. The van der Waals surface area contributed by atoms with Crippen LogP contribution in [-0.2, 0) is 9.53 Å². The van der Waals surface area contributed by atoms with Gasteiger partial charge in [-0.25, -0.2) is 0 Å². The number of hydrogen-bond acceptors (Lipinski definition) is 2. The Labute approximate surface area is 60.5 Å². The van der Waals surface area contributed by atoms with Crippen LogP contribution >= 0.6 is 0 Å². The van der Waals surface area contributed by atoms with Crippen LogP contribution in [0.3, 0.4) is 0 Å². The highest BCUT2D eigenvalue weighted by Crippen LogP contribution is 2.23. The highest BCUT2D eigenvalue weighted by molar-refractivity contribution is 5.77. The molecule has 1 rings (SSSR count). The second-order valence-corrected chi connectivity index (χ2v) is 2.15. The molecule has 0 aromatic carbocycles. The summed E-state index contributed by atoms with van der Waals surface area (Å²) in [7, 11) is 0. The molecule has 1 atom stereocenters. The molecule has 1 aliphatic rings. The van der Waals surface area contributed by atoms with Gasteiger partial charge in [0.2, 0.25) is 5.91 Å². The second kappa shape index (κ2) is 2.69. The lowest BCUT2D eigenvalue weighted by molar-refractivity contribution is -0.224. The molecule has 1 N–H and O–H groups in total. The predicted molar refractivity (Wildman–Crippen MR) is 28.8 cm³/mol. The van der Waals surface area contributed by atoms with Crippen molar-refractivity contribution in [3.05, 3.63) is 0 Å². The molecule has 0 aromatic heterocycles. The van der Waals surface area contributed by atoms with E-state index in [0.717, 1.165) is 0 Å². The zero-order valence-electron chi connectivity index (χ0n) is 5.44. The van der Waals surface area contributed by atoms with Crippen molar-refractivity contribution in [2.45, 2.75) is 12.3 Å². The van der Waals surface area contributed by atoms with Crippen molar-refractivity contribution in [2.75, 3.05) is 13.2 Å². The van der Waals surface area contributed by atoms with Gasteiger partial charge in [-0.15, -0.1) is 0 Å². The largest absolute Gasteiger partial charge is 0.416 e. The molecule has 3 nitrogen and oxygen atoms in total. The van der Waals surface area contributed by atoms with Crippen LogP contribution < -0.4 is 5.32 Å². The van der Waals surface area contributed by atoms with Gasteiger partial charge in [0.25, 0.3) is 0 Å². The van der Waals surface area contributed by atoms with Crippen molar-refractivity contribution in [2.24, 2.45) is 0 Å². The van der Waals surface area contributed by atoms with Gasteiger partial charge in [0.1, 0.15) is 6.61 Å². The zero-order chi connectivity index (χ0) is 8.48. The molecule has 0 saturated carbocycles. The van der Waals surface area contributed by atoms with Crippen LogP contribution in [0.1, 0.15) is 0 Å². The Balaban J connectivity index is 2.45. The van der Waals surface area contributed by atoms with Crippen molar-refractivity contribution in [1.29, 1.82) is 0 Å². The number of alkyl halides is 3. The van der Waals surface area contributed by atoms with E-state index in [0.29, 0.717) is 0 Å². The average molecular weight is 169 g/mol. The summed E-state index contributed by atoms with van der Waals surface area (Å²) < 4.78 is 39.6. The van der Waals surface area contributed by atoms with Gasteiger partial charge in [-0.1, -0.05) is 0 Å². The van der Waals surface area contributed by atoms with Gasteiger partial charge in [-0.2, -0.15) is 13.2 Å². The maximum Gasteiger partial charge on any atom is 0.416 e. The molecule has 0 bridgehead atoms. The maximum absolute atomic E-state index is 11.8. The lowest BCUT2D eigenvalue weighted by Crippen LogP contribution is -2.49. The maximum atomic E-state index is 11.8. The minimum absolute atomic E-state index is 0.484. The number of carbonyl (C=O) groups is 1. The van der Waals surface area contributed by atoms with Gasteiger partial charge in [0, 0.05) is 0 Å². The molecule has 11 heavy (non-hydrogen) atoms. The summed E-state index contributed by atoms with van der Waals surface area (Å²) >= 11 is 0. The standard InChI is InChI=1S/C5H6F3NO2/c6-5(7,8)3-1-9-4(10)2-11-3/h3H,1-2H2,(H,9,10)/t3-/m1/s1. The first-order valence-electron chi connectivity index (χ1n) is 2.95. The number of morpholine rings is 1. The smallest absolute Gasteiger partial charge is 0.357 e. The zero-order valence-corrected chi connectivity index (χ0v) is 5.44. The number of halogens is 3. The molecule has 1 amide bonds. The number of amides is 1. The first-order valence-corrected chi connectivity index (χ1v) is 2.95. The van der Waals surface area contributed by atoms with E-state index in [9.17, 15) is 18.0 Å². The molecule has 1 fully saturated rings. The third kappa shape index (κ3) is 2.07. The summed E-state index contributed by atoms with van der Waals surface area (Å²) in [6.07, 6.45) is -6.23. The van der Waals surface area contributed by atoms with Crippen LogP contribution in [0.15, 0.2) is 0 Å². The number of nitrogens with one attached hydrogen (secondary N) is 1. The number of rotatable bonds is 0. The Kier molecular flexibility index (Phi) is 2.03. The summed E-state index contributed by atoms with van der Waals surface area (Å²) in [5.41, 5.74) is 0. The Hall–Kier alpha value is -0.780. The summed E-state index contributed by atoms with van der Waals surface area (Å²) in [6, 6.07) is 0. The molecule has 6 heteroatoms. The third-order valence-corrected chi connectivity index (χ3v) is 1.27. The first kappa shape index (κ1) is 8.32. The van der Waals surface area contributed by atoms with Crippen molar-refractivity contribution in [3.63, 3.8) is 0 Å². The van der Waals surface area contributed by atoms with Gasteiger partial charge >= 0.3 is 6.18 Å². The Morgan fingerprint density at radius 3 is 2.55 bits per heavy atom. The fourth-order valence-electron chi connectivity index (χ4n) is 0.703. The molecular weight excluding hydrogens is 163 g/mol. The van der Waals surface area contributed by atoms with Gasteiger partial charge in [-0.3, -0.25) is 4.79 Å². The Bertz CT molecular complexity index is 158.